The molecule has 1 aliphatic rings. The summed E-state index contributed by atoms with van der Waals surface area (Å²) in [5, 5.41) is 14.1. The predicted octanol–water partition coefficient (Wildman–Crippen LogP) is 4.93. The number of aliphatic hydroxyl groups is 1. The summed E-state index contributed by atoms with van der Waals surface area (Å²) in [6, 6.07) is 13.2. The van der Waals surface area contributed by atoms with Crippen LogP contribution in [0.5, 0.6) is 0 Å². The van der Waals surface area contributed by atoms with Crippen LogP contribution in [-0.2, 0) is 33.5 Å². The number of fused-ring (bicyclic) bond motifs is 1. The first-order valence-corrected chi connectivity index (χ1v) is 12.7. The normalized spacial score (nSPS) is 15.6. The zero-order chi connectivity index (χ0) is 25.4. The molecule has 0 fully saturated rings. The molecule has 0 saturated heterocycles. The number of carbonyl (C=O) groups excluding carboxylic acids is 1. The van der Waals surface area contributed by atoms with Crippen LogP contribution < -0.4 is 5.32 Å². The Kier molecular flexibility index (Phi) is 9.84. The predicted molar refractivity (Wildman–Crippen MR) is 136 cm³/mol. The van der Waals surface area contributed by atoms with Crippen LogP contribution >= 0.6 is 0 Å². The lowest BCUT2D eigenvalue weighted by molar-refractivity contribution is -0.143. The van der Waals surface area contributed by atoms with Gasteiger partial charge in [-0.1, -0.05) is 30.3 Å². The number of β-amino-alcohol motifs (C(OH)–C–C–N with tert-alkyl or cyclic N) is 1. The van der Waals surface area contributed by atoms with Crippen molar-refractivity contribution >= 4 is 5.97 Å². The quantitative estimate of drug-likeness (QED) is 0.394. The largest absolute Gasteiger partial charge is 0.466 e. The fourth-order valence-corrected chi connectivity index (χ4v) is 5.04. The molecule has 2 unspecified atom stereocenters. The molecule has 0 aliphatic heterocycles. The Morgan fingerprint density at radius 1 is 1.20 bits per heavy atom. The lowest BCUT2D eigenvalue weighted by Crippen LogP contribution is -2.45. The van der Waals surface area contributed by atoms with E-state index in [9.17, 15) is 14.3 Å². The summed E-state index contributed by atoms with van der Waals surface area (Å²) in [7, 11) is 0. The molecule has 2 aromatic rings. The minimum absolute atomic E-state index is 0.101. The van der Waals surface area contributed by atoms with E-state index >= 15 is 0 Å². The van der Waals surface area contributed by atoms with E-state index in [2.05, 4.69) is 43.4 Å². The number of esters is 1. The summed E-state index contributed by atoms with van der Waals surface area (Å²) in [6.07, 6.45) is 2.81. The molecule has 1 aliphatic carbocycles. The topological polar surface area (TPSA) is 67.8 Å². The molecule has 0 amide bonds. The summed E-state index contributed by atoms with van der Waals surface area (Å²) < 4.78 is 24.7. The molecule has 0 spiro atoms. The third-order valence-electron chi connectivity index (χ3n) is 6.74. The van der Waals surface area contributed by atoms with Crippen molar-refractivity contribution in [1.82, 2.24) is 5.32 Å². The number of aliphatic hydroxyl groups excluding tert-OH is 1. The van der Waals surface area contributed by atoms with E-state index in [4.69, 9.17) is 9.47 Å². The first-order valence-electron chi connectivity index (χ1n) is 12.7. The highest BCUT2D eigenvalue weighted by molar-refractivity contribution is 5.69. The lowest BCUT2D eigenvalue weighted by atomic mass is 9.88. The van der Waals surface area contributed by atoms with E-state index in [0.717, 1.165) is 30.4 Å². The number of hydrogen-bond acceptors (Lipinski definition) is 5. The summed E-state index contributed by atoms with van der Waals surface area (Å²) >= 11 is 0. The van der Waals surface area contributed by atoms with Crippen LogP contribution in [0.25, 0.3) is 0 Å². The van der Waals surface area contributed by atoms with Gasteiger partial charge in [-0.25, -0.2) is 4.39 Å². The molecule has 2 N–H and O–H groups in total. The Morgan fingerprint density at radius 2 is 1.89 bits per heavy atom. The van der Waals surface area contributed by atoms with Crippen molar-refractivity contribution in [2.24, 2.45) is 5.92 Å². The molecule has 0 aromatic heterocycles. The second-order valence-corrected chi connectivity index (χ2v) is 10.3. The lowest BCUT2D eigenvalue weighted by Gasteiger charge is -2.31. The minimum Gasteiger partial charge on any atom is -0.466 e. The van der Waals surface area contributed by atoms with Gasteiger partial charge in [0.25, 0.3) is 0 Å². The Hall–Kier alpha value is -2.28. The third kappa shape index (κ3) is 8.41. The van der Waals surface area contributed by atoms with Crippen LogP contribution in [-0.4, -0.2) is 42.5 Å². The molecular weight excluding hydrogens is 445 g/mol. The molecule has 0 saturated carbocycles. The van der Waals surface area contributed by atoms with Gasteiger partial charge in [-0.05, 0) is 93.7 Å². The molecular formula is C29H40FNO4. The first kappa shape index (κ1) is 27.3. The zero-order valence-corrected chi connectivity index (χ0v) is 21.5. The molecule has 3 rings (SSSR count). The highest BCUT2D eigenvalue weighted by atomic mass is 19.1. The standard InChI is InChI=1S/C29H40FNO4/c1-5-34-28(33)13-10-24-16-25(30)11-12-27(24)20(2)35-19-26(32)18-31-29(3,4)17-21-14-22-8-6-7-9-23(22)15-21/h6-9,11-12,16,20-21,26,31-32H,5,10,13-15,17-19H2,1-4H3. The summed E-state index contributed by atoms with van der Waals surface area (Å²) in [4.78, 5) is 11.7. The van der Waals surface area contributed by atoms with Crippen molar-refractivity contribution in [1.29, 1.82) is 0 Å². The molecule has 2 aromatic carbocycles. The van der Waals surface area contributed by atoms with Gasteiger partial charge in [-0.3, -0.25) is 4.79 Å². The van der Waals surface area contributed by atoms with Crippen molar-refractivity contribution < 1.29 is 23.8 Å². The van der Waals surface area contributed by atoms with Crippen LogP contribution in [0.2, 0.25) is 0 Å². The van der Waals surface area contributed by atoms with Gasteiger partial charge in [0, 0.05) is 18.5 Å². The van der Waals surface area contributed by atoms with Gasteiger partial charge in [-0.15, -0.1) is 0 Å². The van der Waals surface area contributed by atoms with E-state index in [0.29, 0.717) is 25.5 Å². The Labute approximate surface area is 209 Å². The number of rotatable bonds is 13. The fourth-order valence-electron chi connectivity index (χ4n) is 5.04. The highest BCUT2D eigenvalue weighted by Crippen LogP contribution is 2.32. The highest BCUT2D eigenvalue weighted by Gasteiger charge is 2.28. The van der Waals surface area contributed by atoms with E-state index in [1.807, 2.05) is 6.92 Å². The number of benzene rings is 2. The summed E-state index contributed by atoms with van der Waals surface area (Å²) in [6.45, 7) is 8.91. The zero-order valence-electron chi connectivity index (χ0n) is 21.5. The molecule has 2 atom stereocenters. The average Bonchev–Trinajstić information content (AvgIpc) is 3.21. The van der Waals surface area contributed by atoms with Crippen LogP contribution in [0.1, 0.15) is 68.9 Å². The maximum absolute atomic E-state index is 13.8. The monoisotopic (exact) mass is 485 g/mol. The van der Waals surface area contributed by atoms with Gasteiger partial charge in [0.1, 0.15) is 5.82 Å². The van der Waals surface area contributed by atoms with Crippen LogP contribution in [0.15, 0.2) is 42.5 Å². The van der Waals surface area contributed by atoms with Crippen molar-refractivity contribution in [3.63, 3.8) is 0 Å². The summed E-state index contributed by atoms with van der Waals surface area (Å²) in [5.41, 5.74) is 4.35. The molecule has 5 nitrogen and oxygen atoms in total. The van der Waals surface area contributed by atoms with Gasteiger partial charge in [0.2, 0.25) is 0 Å². The maximum Gasteiger partial charge on any atom is 0.306 e. The number of ether oxygens (including phenoxy) is 2. The first-order chi connectivity index (χ1) is 16.7. The molecule has 35 heavy (non-hydrogen) atoms. The SMILES string of the molecule is CCOC(=O)CCc1cc(F)ccc1C(C)OCC(O)CNC(C)(C)CC1Cc2ccccc2C1. The van der Waals surface area contributed by atoms with Crippen LogP contribution in [0.3, 0.4) is 0 Å². The third-order valence-corrected chi connectivity index (χ3v) is 6.74. The molecule has 0 heterocycles. The Morgan fingerprint density at radius 3 is 2.54 bits per heavy atom. The van der Waals surface area contributed by atoms with Gasteiger partial charge >= 0.3 is 5.97 Å². The van der Waals surface area contributed by atoms with E-state index in [-0.39, 0.29) is 36.5 Å². The van der Waals surface area contributed by atoms with Gasteiger partial charge in [0.05, 0.1) is 25.4 Å². The number of halogens is 1. The van der Waals surface area contributed by atoms with Crippen molar-refractivity contribution in [3.8, 4) is 0 Å². The Balaban J connectivity index is 1.45. The van der Waals surface area contributed by atoms with E-state index in [1.54, 1.807) is 13.0 Å². The number of hydrogen-bond donors (Lipinski definition) is 2. The number of carbonyl (C=O) groups is 1. The second kappa shape index (κ2) is 12.6. The fraction of sp³-hybridized carbons (Fsp3) is 0.552. The van der Waals surface area contributed by atoms with Gasteiger partial charge in [0.15, 0.2) is 0 Å². The molecule has 6 heteroatoms. The second-order valence-electron chi connectivity index (χ2n) is 10.3. The van der Waals surface area contributed by atoms with Gasteiger partial charge in [-0.2, -0.15) is 0 Å². The van der Waals surface area contributed by atoms with E-state index in [1.165, 1.54) is 23.3 Å². The molecule has 192 valence electrons. The molecule has 0 radical (unpaired) electrons. The van der Waals surface area contributed by atoms with Crippen molar-refractivity contribution in [3.05, 3.63) is 70.5 Å². The van der Waals surface area contributed by atoms with Crippen LogP contribution in [0, 0.1) is 11.7 Å². The maximum atomic E-state index is 13.8. The molecule has 0 bridgehead atoms. The minimum atomic E-state index is -0.666. The number of nitrogens with one attached hydrogen (secondary N) is 1. The smallest absolute Gasteiger partial charge is 0.306 e. The van der Waals surface area contributed by atoms with Crippen LogP contribution in [0.4, 0.5) is 4.39 Å². The van der Waals surface area contributed by atoms with Crippen molar-refractivity contribution in [2.45, 2.75) is 77.5 Å². The number of aryl methyl sites for hydroxylation is 1. The van der Waals surface area contributed by atoms with Crippen molar-refractivity contribution in [2.75, 3.05) is 19.8 Å². The average molecular weight is 486 g/mol. The Bertz CT molecular complexity index is 952. The summed E-state index contributed by atoms with van der Waals surface area (Å²) in [5.74, 6) is -0.0478. The van der Waals surface area contributed by atoms with Gasteiger partial charge < -0.3 is 19.9 Å². The van der Waals surface area contributed by atoms with E-state index < -0.39 is 6.10 Å².